The summed E-state index contributed by atoms with van der Waals surface area (Å²) in [6, 6.07) is 9.33. The van der Waals surface area contributed by atoms with Crippen LogP contribution in [0.15, 0.2) is 30.3 Å². The van der Waals surface area contributed by atoms with Gasteiger partial charge in [-0.3, -0.25) is 0 Å². The van der Waals surface area contributed by atoms with E-state index in [1.165, 1.54) is 16.6 Å². The molecular weight excluding hydrogens is 247 g/mol. The SMILES string of the molecule is N#Cc1nc2cc(-c3ccc(F)cc3)nc(N)n2n1. The molecule has 0 radical (unpaired) electrons. The first kappa shape index (κ1) is 11.1. The van der Waals surface area contributed by atoms with Crippen LogP contribution in [0.1, 0.15) is 5.82 Å². The number of halogens is 1. The fourth-order valence-corrected chi connectivity index (χ4v) is 1.73. The molecule has 7 heteroatoms. The van der Waals surface area contributed by atoms with E-state index in [0.29, 0.717) is 16.9 Å². The summed E-state index contributed by atoms with van der Waals surface area (Å²) in [5.74, 6) is -0.192. The number of hydrogen-bond donors (Lipinski definition) is 1. The third kappa shape index (κ3) is 1.85. The number of nitrogens with zero attached hydrogens (tertiary/aromatic N) is 5. The summed E-state index contributed by atoms with van der Waals surface area (Å²) in [5, 5.41) is 12.6. The molecule has 3 rings (SSSR count). The van der Waals surface area contributed by atoms with E-state index < -0.39 is 0 Å². The molecule has 0 amide bonds. The van der Waals surface area contributed by atoms with Crippen molar-refractivity contribution in [1.29, 1.82) is 5.26 Å². The van der Waals surface area contributed by atoms with Gasteiger partial charge in [-0.2, -0.15) is 14.8 Å². The first-order valence-electron chi connectivity index (χ1n) is 5.37. The predicted octanol–water partition coefficient (Wildman–Crippen LogP) is 1.38. The molecule has 0 unspecified atom stereocenters. The highest BCUT2D eigenvalue weighted by Gasteiger charge is 2.09. The zero-order chi connectivity index (χ0) is 13.4. The zero-order valence-corrected chi connectivity index (χ0v) is 9.58. The minimum absolute atomic E-state index is 0.0183. The lowest BCUT2D eigenvalue weighted by molar-refractivity contribution is 0.628. The Balaban J connectivity index is 2.20. The van der Waals surface area contributed by atoms with Crippen LogP contribution >= 0.6 is 0 Å². The summed E-state index contributed by atoms with van der Waals surface area (Å²) in [6.45, 7) is 0. The molecule has 0 spiro atoms. The number of benzene rings is 1. The van der Waals surface area contributed by atoms with Crippen molar-refractivity contribution in [2.45, 2.75) is 0 Å². The van der Waals surface area contributed by atoms with Crippen LogP contribution in [-0.2, 0) is 0 Å². The molecule has 0 bridgehead atoms. The van der Waals surface area contributed by atoms with Crippen molar-refractivity contribution >= 4 is 11.6 Å². The van der Waals surface area contributed by atoms with Gasteiger partial charge in [0.25, 0.3) is 5.82 Å². The highest BCUT2D eigenvalue weighted by atomic mass is 19.1. The molecule has 0 fully saturated rings. The van der Waals surface area contributed by atoms with Gasteiger partial charge in [-0.1, -0.05) is 0 Å². The van der Waals surface area contributed by atoms with Gasteiger partial charge in [0.1, 0.15) is 11.9 Å². The fourth-order valence-electron chi connectivity index (χ4n) is 1.73. The number of aromatic nitrogens is 4. The lowest BCUT2D eigenvalue weighted by Gasteiger charge is -2.03. The van der Waals surface area contributed by atoms with Crippen molar-refractivity contribution in [3.8, 4) is 17.3 Å². The van der Waals surface area contributed by atoms with Gasteiger partial charge in [-0.05, 0) is 24.3 Å². The lowest BCUT2D eigenvalue weighted by atomic mass is 10.1. The molecule has 6 nitrogen and oxygen atoms in total. The normalized spacial score (nSPS) is 10.5. The Bertz CT molecular complexity index is 799. The van der Waals surface area contributed by atoms with Gasteiger partial charge >= 0.3 is 0 Å². The number of fused-ring (bicyclic) bond motifs is 1. The van der Waals surface area contributed by atoms with Crippen molar-refractivity contribution in [2.24, 2.45) is 0 Å². The van der Waals surface area contributed by atoms with Crippen molar-refractivity contribution in [2.75, 3.05) is 5.73 Å². The Morgan fingerprint density at radius 3 is 2.63 bits per heavy atom. The lowest BCUT2D eigenvalue weighted by Crippen LogP contribution is -2.03. The Morgan fingerprint density at radius 1 is 1.21 bits per heavy atom. The van der Waals surface area contributed by atoms with Gasteiger partial charge in [0, 0.05) is 11.6 Å². The molecule has 2 aromatic heterocycles. The van der Waals surface area contributed by atoms with E-state index in [4.69, 9.17) is 11.0 Å². The van der Waals surface area contributed by atoms with Crippen molar-refractivity contribution < 1.29 is 4.39 Å². The number of hydrogen-bond acceptors (Lipinski definition) is 5. The summed E-state index contributed by atoms with van der Waals surface area (Å²) < 4.78 is 14.2. The predicted molar refractivity (Wildman–Crippen MR) is 65.3 cm³/mol. The molecule has 0 saturated heterocycles. The van der Waals surface area contributed by atoms with Crippen molar-refractivity contribution in [3.05, 3.63) is 42.0 Å². The molecule has 19 heavy (non-hydrogen) atoms. The molecule has 0 aliphatic carbocycles. The monoisotopic (exact) mass is 254 g/mol. The Hall–Kier alpha value is -3.01. The largest absolute Gasteiger partial charge is 0.368 e. The van der Waals surface area contributed by atoms with Crippen LogP contribution in [0.3, 0.4) is 0 Å². The van der Waals surface area contributed by atoms with Crippen molar-refractivity contribution in [1.82, 2.24) is 19.6 Å². The van der Waals surface area contributed by atoms with Gasteiger partial charge < -0.3 is 5.73 Å². The smallest absolute Gasteiger partial charge is 0.253 e. The Morgan fingerprint density at radius 2 is 1.95 bits per heavy atom. The fraction of sp³-hybridized carbons (Fsp3) is 0. The maximum Gasteiger partial charge on any atom is 0.253 e. The number of anilines is 1. The van der Waals surface area contributed by atoms with Crippen LogP contribution in [0.4, 0.5) is 10.3 Å². The number of rotatable bonds is 1. The van der Waals surface area contributed by atoms with Gasteiger partial charge in [-0.15, -0.1) is 5.10 Å². The highest BCUT2D eigenvalue weighted by molar-refractivity contribution is 5.65. The summed E-state index contributed by atoms with van der Waals surface area (Å²) in [7, 11) is 0. The number of nitrogen functional groups attached to an aromatic ring is 1. The average molecular weight is 254 g/mol. The van der Waals surface area contributed by atoms with Crippen LogP contribution in [-0.4, -0.2) is 19.6 Å². The Labute approximate surface area is 106 Å². The van der Waals surface area contributed by atoms with E-state index in [-0.39, 0.29) is 17.6 Å². The second-order valence-electron chi connectivity index (χ2n) is 3.82. The summed E-state index contributed by atoms with van der Waals surface area (Å²) in [6.07, 6.45) is 0. The van der Waals surface area contributed by atoms with E-state index in [1.54, 1.807) is 18.2 Å². The average Bonchev–Trinajstić information content (AvgIpc) is 2.83. The first-order valence-corrected chi connectivity index (χ1v) is 5.37. The second kappa shape index (κ2) is 4.03. The quantitative estimate of drug-likeness (QED) is 0.708. The Kier molecular flexibility index (Phi) is 2.35. The molecule has 1 aromatic carbocycles. The number of nitriles is 1. The molecular formula is C12H7FN6. The van der Waals surface area contributed by atoms with Gasteiger partial charge in [0.2, 0.25) is 5.95 Å². The van der Waals surface area contributed by atoms with E-state index in [0.717, 1.165) is 0 Å². The maximum absolute atomic E-state index is 12.9. The second-order valence-corrected chi connectivity index (χ2v) is 3.82. The van der Waals surface area contributed by atoms with Crippen LogP contribution in [0, 0.1) is 17.1 Å². The molecule has 92 valence electrons. The highest BCUT2D eigenvalue weighted by Crippen LogP contribution is 2.20. The summed E-state index contributed by atoms with van der Waals surface area (Å²) >= 11 is 0. The van der Waals surface area contributed by atoms with Gasteiger partial charge in [0.05, 0.1) is 5.69 Å². The van der Waals surface area contributed by atoms with Crippen LogP contribution in [0.5, 0.6) is 0 Å². The van der Waals surface area contributed by atoms with Crippen LogP contribution < -0.4 is 5.73 Å². The molecule has 2 heterocycles. The van der Waals surface area contributed by atoms with Gasteiger partial charge in [0.15, 0.2) is 5.65 Å². The molecule has 0 saturated carbocycles. The zero-order valence-electron chi connectivity index (χ0n) is 9.58. The molecule has 0 aliphatic heterocycles. The molecule has 0 aliphatic rings. The first-order chi connectivity index (χ1) is 9.17. The van der Waals surface area contributed by atoms with E-state index >= 15 is 0 Å². The van der Waals surface area contributed by atoms with E-state index in [2.05, 4.69) is 15.1 Å². The minimum Gasteiger partial charge on any atom is -0.368 e. The van der Waals surface area contributed by atoms with E-state index in [1.807, 2.05) is 6.07 Å². The van der Waals surface area contributed by atoms with Crippen LogP contribution in [0.2, 0.25) is 0 Å². The molecule has 0 atom stereocenters. The van der Waals surface area contributed by atoms with Crippen LogP contribution in [0.25, 0.3) is 16.9 Å². The number of nitrogens with two attached hydrogens (primary N) is 1. The third-order valence-electron chi connectivity index (χ3n) is 2.59. The maximum atomic E-state index is 12.9. The van der Waals surface area contributed by atoms with Gasteiger partial charge in [-0.25, -0.2) is 9.37 Å². The third-order valence-corrected chi connectivity index (χ3v) is 2.59. The molecule has 2 N–H and O–H groups in total. The van der Waals surface area contributed by atoms with Crippen molar-refractivity contribution in [3.63, 3.8) is 0 Å². The summed E-state index contributed by atoms with van der Waals surface area (Å²) in [5.41, 5.74) is 7.43. The minimum atomic E-state index is -0.327. The standard InChI is InChI=1S/C12H7FN6/c13-8-3-1-7(2-4-8)9-5-11-17-10(6-14)18-19(11)12(15)16-9/h1-5H,(H2,15,16). The summed E-state index contributed by atoms with van der Waals surface area (Å²) in [4.78, 5) is 8.15. The topological polar surface area (TPSA) is 92.9 Å². The van der Waals surface area contributed by atoms with E-state index in [9.17, 15) is 4.39 Å². The molecule has 3 aromatic rings.